The standard InChI is InChI=1S/C25H29FN8O3/c1-25(2,14-35)30-9-4-10-37-18-7-8-19-20(12-18)28-15-29-24(19)31-21-13-34(33-32-21)22(23(27)36)16-5-3-6-17(26)11-16/h3,5-8,11-13,15,22,30,35H,4,9-10,14H2,1-2H3,(H2,27,36)(H,28,29,31). The number of carbonyl (C=O) groups is 1. The summed E-state index contributed by atoms with van der Waals surface area (Å²) in [6.45, 7) is 5.15. The molecule has 11 nitrogen and oxygen atoms in total. The van der Waals surface area contributed by atoms with Gasteiger partial charge in [0.25, 0.3) is 0 Å². The average Bonchev–Trinajstić information content (AvgIpc) is 3.31. The van der Waals surface area contributed by atoms with Crippen LogP contribution in [0.25, 0.3) is 10.9 Å². The van der Waals surface area contributed by atoms with E-state index in [2.05, 4.69) is 30.9 Å². The number of primary amides is 1. The number of rotatable bonds is 12. The molecule has 1 amide bonds. The van der Waals surface area contributed by atoms with Gasteiger partial charge in [-0.1, -0.05) is 17.3 Å². The second-order valence-corrected chi connectivity index (χ2v) is 9.14. The normalized spacial score (nSPS) is 12.4. The van der Waals surface area contributed by atoms with Gasteiger partial charge in [-0.2, -0.15) is 0 Å². The fraction of sp³-hybridized carbons (Fsp3) is 0.320. The lowest BCUT2D eigenvalue weighted by Gasteiger charge is -2.23. The van der Waals surface area contributed by atoms with E-state index in [9.17, 15) is 14.3 Å². The summed E-state index contributed by atoms with van der Waals surface area (Å²) < 4.78 is 20.8. The van der Waals surface area contributed by atoms with Crippen LogP contribution in [0.4, 0.5) is 16.0 Å². The van der Waals surface area contributed by atoms with Crippen LogP contribution in [0, 0.1) is 5.82 Å². The topological polar surface area (TPSA) is 153 Å². The Hall–Kier alpha value is -4.16. The number of aliphatic hydroxyl groups excluding tert-OH is 1. The lowest BCUT2D eigenvalue weighted by Crippen LogP contribution is -2.43. The number of hydrogen-bond acceptors (Lipinski definition) is 9. The van der Waals surface area contributed by atoms with Crippen molar-refractivity contribution in [3.63, 3.8) is 0 Å². The molecule has 1 unspecified atom stereocenters. The molecular weight excluding hydrogens is 479 g/mol. The molecule has 1 atom stereocenters. The second-order valence-electron chi connectivity index (χ2n) is 9.14. The molecule has 5 N–H and O–H groups in total. The van der Waals surface area contributed by atoms with Gasteiger partial charge in [-0.3, -0.25) is 4.79 Å². The van der Waals surface area contributed by atoms with Crippen LogP contribution in [0.15, 0.2) is 55.0 Å². The number of nitrogens with zero attached hydrogens (tertiary/aromatic N) is 5. The van der Waals surface area contributed by atoms with E-state index in [0.29, 0.717) is 41.6 Å². The molecule has 4 rings (SSSR count). The monoisotopic (exact) mass is 508 g/mol. The smallest absolute Gasteiger partial charge is 0.246 e. The van der Waals surface area contributed by atoms with Crippen molar-refractivity contribution in [3.05, 3.63) is 66.4 Å². The molecule has 0 spiro atoms. The number of fused-ring (bicyclic) bond motifs is 1. The zero-order valence-corrected chi connectivity index (χ0v) is 20.6. The summed E-state index contributed by atoms with van der Waals surface area (Å²) in [5.74, 6) is 0.292. The molecule has 4 aromatic rings. The minimum Gasteiger partial charge on any atom is -0.493 e. The predicted octanol–water partition coefficient (Wildman–Crippen LogP) is 2.31. The molecule has 0 aliphatic heterocycles. The van der Waals surface area contributed by atoms with E-state index in [0.717, 1.165) is 11.8 Å². The van der Waals surface area contributed by atoms with Crippen molar-refractivity contribution >= 4 is 28.4 Å². The van der Waals surface area contributed by atoms with E-state index < -0.39 is 17.8 Å². The number of hydrogen-bond donors (Lipinski definition) is 4. The van der Waals surface area contributed by atoms with E-state index in [1.165, 1.54) is 35.4 Å². The molecule has 0 bridgehead atoms. The number of anilines is 2. The number of amides is 1. The first-order valence-electron chi connectivity index (χ1n) is 11.7. The first-order chi connectivity index (χ1) is 17.8. The maximum absolute atomic E-state index is 13.7. The van der Waals surface area contributed by atoms with E-state index >= 15 is 0 Å². The molecule has 0 aliphatic carbocycles. The van der Waals surface area contributed by atoms with Crippen LogP contribution < -0.4 is 21.1 Å². The first-order valence-corrected chi connectivity index (χ1v) is 11.7. The molecule has 0 saturated carbocycles. The fourth-order valence-electron chi connectivity index (χ4n) is 3.68. The molecule has 194 valence electrons. The number of benzene rings is 2. The minimum absolute atomic E-state index is 0.0592. The number of carbonyl (C=O) groups excluding carboxylic acids is 1. The number of nitrogens with two attached hydrogens (primary N) is 1. The quantitative estimate of drug-likeness (QED) is 0.211. The number of nitrogens with one attached hydrogen (secondary N) is 2. The molecular formula is C25H29FN8O3. The Morgan fingerprint density at radius 3 is 2.84 bits per heavy atom. The number of aromatic nitrogens is 5. The van der Waals surface area contributed by atoms with E-state index in [-0.39, 0.29) is 12.1 Å². The molecule has 2 aromatic heterocycles. The fourth-order valence-corrected chi connectivity index (χ4v) is 3.68. The minimum atomic E-state index is -1.02. The van der Waals surface area contributed by atoms with Crippen molar-refractivity contribution in [1.82, 2.24) is 30.3 Å². The Bertz CT molecular complexity index is 1380. The van der Waals surface area contributed by atoms with Gasteiger partial charge in [-0.05, 0) is 56.6 Å². The molecule has 0 fully saturated rings. The van der Waals surface area contributed by atoms with E-state index in [4.69, 9.17) is 10.5 Å². The molecule has 37 heavy (non-hydrogen) atoms. The van der Waals surface area contributed by atoms with Crippen LogP contribution in [0.5, 0.6) is 5.75 Å². The highest BCUT2D eigenvalue weighted by Crippen LogP contribution is 2.26. The summed E-state index contributed by atoms with van der Waals surface area (Å²) in [5.41, 5.74) is 6.26. The van der Waals surface area contributed by atoms with Crippen molar-refractivity contribution in [2.45, 2.75) is 31.8 Å². The third-order valence-electron chi connectivity index (χ3n) is 5.65. The lowest BCUT2D eigenvalue weighted by molar-refractivity contribution is -0.120. The number of ether oxygens (including phenoxy) is 1. The maximum Gasteiger partial charge on any atom is 0.246 e. The number of aliphatic hydroxyl groups is 1. The third-order valence-corrected chi connectivity index (χ3v) is 5.65. The largest absolute Gasteiger partial charge is 0.493 e. The maximum atomic E-state index is 13.7. The lowest BCUT2D eigenvalue weighted by atomic mass is 10.1. The molecule has 12 heteroatoms. The Kier molecular flexibility index (Phi) is 7.89. The second kappa shape index (κ2) is 11.3. The molecule has 0 saturated heterocycles. The van der Waals surface area contributed by atoms with E-state index in [1.54, 1.807) is 6.07 Å². The first kappa shape index (κ1) is 25.9. The van der Waals surface area contributed by atoms with Crippen LogP contribution in [0.1, 0.15) is 31.9 Å². The van der Waals surface area contributed by atoms with Crippen molar-refractivity contribution in [2.24, 2.45) is 5.73 Å². The van der Waals surface area contributed by atoms with Crippen LogP contribution in [-0.4, -0.2) is 61.3 Å². The third kappa shape index (κ3) is 6.54. The van der Waals surface area contributed by atoms with Gasteiger partial charge in [0.05, 0.1) is 24.9 Å². The van der Waals surface area contributed by atoms with Gasteiger partial charge in [0, 0.05) is 17.0 Å². The molecule has 2 aromatic carbocycles. The highest BCUT2D eigenvalue weighted by atomic mass is 19.1. The van der Waals surface area contributed by atoms with Crippen molar-refractivity contribution < 1.29 is 19.0 Å². The molecule has 2 heterocycles. The van der Waals surface area contributed by atoms with Gasteiger partial charge in [0.1, 0.15) is 23.7 Å². The summed E-state index contributed by atoms with van der Waals surface area (Å²) in [6, 6.07) is 10.1. The Morgan fingerprint density at radius 2 is 2.08 bits per heavy atom. The van der Waals surface area contributed by atoms with Gasteiger partial charge < -0.3 is 26.2 Å². The predicted molar refractivity (Wildman–Crippen MR) is 136 cm³/mol. The van der Waals surface area contributed by atoms with Crippen molar-refractivity contribution in [1.29, 1.82) is 0 Å². The SMILES string of the molecule is CC(C)(CO)NCCCOc1ccc2c(Nc3cn(C(C(N)=O)c4cccc(F)c4)nn3)ncnc2c1. The Labute approximate surface area is 212 Å². The van der Waals surface area contributed by atoms with Crippen LogP contribution in [0.2, 0.25) is 0 Å². The van der Waals surface area contributed by atoms with E-state index in [1.807, 2.05) is 32.0 Å². The zero-order chi connectivity index (χ0) is 26.4. The number of halogens is 1. The van der Waals surface area contributed by atoms with Crippen LogP contribution in [0.3, 0.4) is 0 Å². The van der Waals surface area contributed by atoms with Gasteiger partial charge in [0.2, 0.25) is 5.91 Å². The van der Waals surface area contributed by atoms with Crippen molar-refractivity contribution in [3.8, 4) is 5.75 Å². The van der Waals surface area contributed by atoms with Crippen LogP contribution >= 0.6 is 0 Å². The highest BCUT2D eigenvalue weighted by molar-refractivity contribution is 5.91. The average molecular weight is 509 g/mol. The highest BCUT2D eigenvalue weighted by Gasteiger charge is 2.22. The molecule has 0 aliphatic rings. The van der Waals surface area contributed by atoms with Gasteiger partial charge in [-0.15, -0.1) is 5.10 Å². The van der Waals surface area contributed by atoms with Crippen LogP contribution in [-0.2, 0) is 4.79 Å². The van der Waals surface area contributed by atoms with Gasteiger partial charge >= 0.3 is 0 Å². The summed E-state index contributed by atoms with van der Waals surface area (Å²) in [4.78, 5) is 20.7. The zero-order valence-electron chi connectivity index (χ0n) is 20.6. The summed E-state index contributed by atoms with van der Waals surface area (Å²) in [6.07, 6.45) is 3.69. The van der Waals surface area contributed by atoms with Gasteiger partial charge in [-0.25, -0.2) is 19.0 Å². The van der Waals surface area contributed by atoms with Gasteiger partial charge in [0.15, 0.2) is 11.9 Å². The molecule has 0 radical (unpaired) electrons. The Balaban J connectivity index is 1.44. The Morgan fingerprint density at radius 1 is 1.24 bits per heavy atom. The summed E-state index contributed by atoms with van der Waals surface area (Å²) in [5, 5.41) is 24.4. The summed E-state index contributed by atoms with van der Waals surface area (Å²) >= 11 is 0. The summed E-state index contributed by atoms with van der Waals surface area (Å²) in [7, 11) is 0. The van der Waals surface area contributed by atoms with Crippen molar-refractivity contribution in [2.75, 3.05) is 25.1 Å².